The molecule has 3 N–H and O–H groups in total. The molecule has 0 aliphatic carbocycles. The third-order valence-electron chi connectivity index (χ3n) is 2.90. The van der Waals surface area contributed by atoms with Crippen molar-refractivity contribution in [3.05, 3.63) is 53.9 Å². The molecule has 0 atom stereocenters. The zero-order valence-electron chi connectivity index (χ0n) is 11.3. The summed E-state index contributed by atoms with van der Waals surface area (Å²) >= 11 is 5.02. The summed E-state index contributed by atoms with van der Waals surface area (Å²) in [5, 5.41) is 3.35. The van der Waals surface area contributed by atoms with E-state index in [9.17, 15) is 0 Å². The van der Waals surface area contributed by atoms with Gasteiger partial charge in [0.25, 0.3) is 0 Å². The summed E-state index contributed by atoms with van der Waals surface area (Å²) in [7, 11) is 1.70. The SMILES string of the molecule is COCCc1ccccc1Nc1cccnc1C(N)=S. The standard InChI is InChI=1S/C15H17N3OS/c1-19-10-8-11-5-2-3-6-12(11)18-13-7-4-9-17-14(13)15(16)20/h2-7,9,18H,8,10H2,1H3,(H2,16,20). The largest absolute Gasteiger partial charge is 0.388 e. The highest BCUT2D eigenvalue weighted by Crippen LogP contribution is 2.23. The van der Waals surface area contributed by atoms with Crippen LogP contribution in [-0.4, -0.2) is 23.7 Å². The van der Waals surface area contributed by atoms with E-state index in [-0.39, 0.29) is 4.99 Å². The van der Waals surface area contributed by atoms with Crippen LogP contribution in [0.1, 0.15) is 11.3 Å². The van der Waals surface area contributed by atoms with Crippen LogP contribution in [0.25, 0.3) is 0 Å². The minimum Gasteiger partial charge on any atom is -0.388 e. The molecule has 0 saturated heterocycles. The normalized spacial score (nSPS) is 10.2. The molecule has 0 saturated carbocycles. The Labute approximate surface area is 124 Å². The van der Waals surface area contributed by atoms with Crippen LogP contribution in [-0.2, 0) is 11.2 Å². The Kier molecular flexibility index (Phi) is 5.03. The summed E-state index contributed by atoms with van der Waals surface area (Å²) in [5.41, 5.74) is 9.29. The first kappa shape index (κ1) is 14.4. The van der Waals surface area contributed by atoms with Gasteiger partial charge in [0.1, 0.15) is 10.7 Å². The number of nitrogens with zero attached hydrogens (tertiary/aromatic N) is 1. The lowest BCUT2D eigenvalue weighted by atomic mass is 10.1. The smallest absolute Gasteiger partial charge is 0.124 e. The number of anilines is 2. The summed E-state index contributed by atoms with van der Waals surface area (Å²) in [6.45, 7) is 0.674. The van der Waals surface area contributed by atoms with Crippen molar-refractivity contribution in [2.75, 3.05) is 19.0 Å². The van der Waals surface area contributed by atoms with Crippen molar-refractivity contribution in [2.24, 2.45) is 5.73 Å². The predicted molar refractivity (Wildman–Crippen MR) is 85.4 cm³/mol. The number of thiocarbonyl (C=S) groups is 1. The Morgan fingerprint density at radius 1 is 1.25 bits per heavy atom. The van der Waals surface area contributed by atoms with Crippen molar-refractivity contribution in [1.29, 1.82) is 0 Å². The number of ether oxygens (including phenoxy) is 1. The van der Waals surface area contributed by atoms with Crippen LogP contribution in [0, 0.1) is 0 Å². The van der Waals surface area contributed by atoms with Gasteiger partial charge >= 0.3 is 0 Å². The number of methoxy groups -OCH3 is 1. The van der Waals surface area contributed by atoms with Crippen molar-refractivity contribution in [2.45, 2.75) is 6.42 Å². The van der Waals surface area contributed by atoms with E-state index in [2.05, 4.69) is 16.4 Å². The molecule has 0 bridgehead atoms. The molecular weight excluding hydrogens is 270 g/mol. The number of hydrogen-bond donors (Lipinski definition) is 2. The molecule has 4 nitrogen and oxygen atoms in total. The van der Waals surface area contributed by atoms with Gasteiger partial charge in [-0.05, 0) is 30.2 Å². The van der Waals surface area contributed by atoms with E-state index in [0.29, 0.717) is 12.3 Å². The summed E-state index contributed by atoms with van der Waals surface area (Å²) in [6, 6.07) is 11.8. The molecular formula is C15H17N3OS. The summed E-state index contributed by atoms with van der Waals surface area (Å²) in [4.78, 5) is 4.49. The molecule has 1 aromatic heterocycles. The van der Waals surface area contributed by atoms with Crippen molar-refractivity contribution in [3.8, 4) is 0 Å². The molecule has 5 heteroatoms. The van der Waals surface area contributed by atoms with E-state index in [4.69, 9.17) is 22.7 Å². The maximum Gasteiger partial charge on any atom is 0.124 e. The predicted octanol–water partition coefficient (Wildman–Crippen LogP) is 2.65. The van der Waals surface area contributed by atoms with E-state index in [1.54, 1.807) is 13.3 Å². The Morgan fingerprint density at radius 2 is 2.00 bits per heavy atom. The summed E-state index contributed by atoms with van der Waals surface area (Å²) in [5.74, 6) is 0. The average Bonchev–Trinajstić information content (AvgIpc) is 2.47. The van der Waals surface area contributed by atoms with E-state index in [1.165, 1.54) is 5.56 Å². The monoisotopic (exact) mass is 287 g/mol. The average molecular weight is 287 g/mol. The number of pyridine rings is 1. The fraction of sp³-hybridized carbons (Fsp3) is 0.200. The van der Waals surface area contributed by atoms with Crippen LogP contribution >= 0.6 is 12.2 Å². The van der Waals surface area contributed by atoms with Crippen LogP contribution < -0.4 is 11.1 Å². The van der Waals surface area contributed by atoms with Gasteiger partial charge < -0.3 is 15.8 Å². The number of nitrogens with two attached hydrogens (primary N) is 1. The molecule has 0 radical (unpaired) electrons. The van der Waals surface area contributed by atoms with Crippen molar-refractivity contribution in [1.82, 2.24) is 4.98 Å². The Bertz CT molecular complexity index is 601. The highest BCUT2D eigenvalue weighted by Gasteiger charge is 2.08. The van der Waals surface area contributed by atoms with Gasteiger partial charge in [-0.15, -0.1) is 0 Å². The van der Waals surface area contributed by atoms with E-state index in [1.807, 2.05) is 30.3 Å². The molecule has 0 aliphatic heterocycles. The van der Waals surface area contributed by atoms with Gasteiger partial charge in [0.05, 0.1) is 12.3 Å². The molecule has 0 aliphatic rings. The Balaban J connectivity index is 2.28. The maximum atomic E-state index is 5.70. The highest BCUT2D eigenvalue weighted by molar-refractivity contribution is 7.80. The molecule has 0 spiro atoms. The Morgan fingerprint density at radius 3 is 2.75 bits per heavy atom. The first-order valence-corrected chi connectivity index (χ1v) is 6.72. The highest BCUT2D eigenvalue weighted by atomic mass is 32.1. The number of nitrogens with one attached hydrogen (secondary N) is 1. The first-order chi connectivity index (χ1) is 9.72. The summed E-state index contributed by atoms with van der Waals surface area (Å²) < 4.78 is 5.13. The van der Waals surface area contributed by atoms with Crippen molar-refractivity contribution in [3.63, 3.8) is 0 Å². The third-order valence-corrected chi connectivity index (χ3v) is 3.10. The van der Waals surface area contributed by atoms with Gasteiger partial charge in [-0.25, -0.2) is 0 Å². The molecule has 0 unspecified atom stereocenters. The molecule has 0 fully saturated rings. The molecule has 1 heterocycles. The topological polar surface area (TPSA) is 60.2 Å². The number of rotatable bonds is 6. The fourth-order valence-electron chi connectivity index (χ4n) is 1.92. The molecule has 0 amide bonds. The lowest BCUT2D eigenvalue weighted by molar-refractivity contribution is 0.202. The van der Waals surface area contributed by atoms with Crippen molar-refractivity contribution < 1.29 is 4.74 Å². The van der Waals surface area contributed by atoms with Gasteiger partial charge in [-0.1, -0.05) is 30.4 Å². The number of para-hydroxylation sites is 1. The van der Waals surface area contributed by atoms with Crippen LogP contribution in [0.2, 0.25) is 0 Å². The number of hydrogen-bond acceptors (Lipinski definition) is 4. The van der Waals surface area contributed by atoms with Gasteiger partial charge in [0.2, 0.25) is 0 Å². The van der Waals surface area contributed by atoms with Crippen molar-refractivity contribution >= 4 is 28.6 Å². The quantitative estimate of drug-likeness (QED) is 0.800. The van der Waals surface area contributed by atoms with Crippen LogP contribution in [0.3, 0.4) is 0 Å². The molecule has 104 valence electrons. The number of benzene rings is 1. The van der Waals surface area contributed by atoms with E-state index >= 15 is 0 Å². The molecule has 20 heavy (non-hydrogen) atoms. The first-order valence-electron chi connectivity index (χ1n) is 6.31. The second-order valence-corrected chi connectivity index (χ2v) is 4.73. The zero-order valence-corrected chi connectivity index (χ0v) is 12.1. The minimum atomic E-state index is 0.280. The molecule has 2 rings (SSSR count). The maximum absolute atomic E-state index is 5.70. The second-order valence-electron chi connectivity index (χ2n) is 4.29. The lowest BCUT2D eigenvalue weighted by Gasteiger charge is -2.14. The third kappa shape index (κ3) is 3.53. The van der Waals surface area contributed by atoms with E-state index in [0.717, 1.165) is 17.8 Å². The van der Waals surface area contributed by atoms with Crippen LogP contribution in [0.15, 0.2) is 42.6 Å². The van der Waals surface area contributed by atoms with Crippen LogP contribution in [0.4, 0.5) is 11.4 Å². The Hall–Kier alpha value is -1.98. The van der Waals surface area contributed by atoms with Gasteiger partial charge in [-0.3, -0.25) is 4.98 Å². The van der Waals surface area contributed by atoms with Gasteiger partial charge in [-0.2, -0.15) is 0 Å². The second kappa shape index (κ2) is 6.98. The number of aromatic nitrogens is 1. The van der Waals surface area contributed by atoms with Crippen LogP contribution in [0.5, 0.6) is 0 Å². The molecule has 1 aromatic carbocycles. The van der Waals surface area contributed by atoms with E-state index < -0.39 is 0 Å². The van der Waals surface area contributed by atoms with Gasteiger partial charge in [0, 0.05) is 19.0 Å². The van der Waals surface area contributed by atoms with Gasteiger partial charge in [0.15, 0.2) is 0 Å². The lowest BCUT2D eigenvalue weighted by Crippen LogP contribution is -2.14. The molecule has 2 aromatic rings. The zero-order chi connectivity index (χ0) is 14.4. The summed E-state index contributed by atoms with van der Waals surface area (Å²) in [6.07, 6.45) is 2.51. The minimum absolute atomic E-state index is 0.280. The fourth-order valence-corrected chi connectivity index (χ4v) is 2.08.